The topological polar surface area (TPSA) is 71.4 Å². The van der Waals surface area contributed by atoms with Crippen molar-refractivity contribution in [3.63, 3.8) is 0 Å². The minimum Gasteiger partial charge on any atom is -0.497 e. The monoisotopic (exact) mass is 483 g/mol. The molecule has 7 nitrogen and oxygen atoms in total. The molecule has 188 valence electrons. The highest BCUT2D eigenvalue weighted by atomic mass is 19.1. The molecule has 0 aromatic heterocycles. The molecule has 0 radical (unpaired) electrons. The number of carbonyl (C=O) groups is 2. The van der Waals surface area contributed by atoms with Gasteiger partial charge in [0.1, 0.15) is 18.1 Å². The van der Waals surface area contributed by atoms with Gasteiger partial charge in [-0.15, -0.1) is 0 Å². The molecule has 0 N–H and O–H groups in total. The number of methoxy groups -OCH3 is 2. The fourth-order valence-electron chi connectivity index (χ4n) is 3.94. The first-order valence-corrected chi connectivity index (χ1v) is 11.7. The van der Waals surface area contributed by atoms with E-state index in [0.717, 1.165) is 11.1 Å². The second-order valence-corrected chi connectivity index (χ2v) is 9.83. The predicted octanol–water partition coefficient (Wildman–Crippen LogP) is 4.42. The first-order valence-electron chi connectivity index (χ1n) is 11.7. The van der Waals surface area contributed by atoms with Gasteiger partial charge >= 0.3 is 0 Å². The van der Waals surface area contributed by atoms with Crippen LogP contribution in [0.15, 0.2) is 53.6 Å². The SMILES string of the molecule is COCCN(CC(=O)N1N=C(c2ccc(F)cc2)C[C@H]1c1ccc(OC)cc1)C(=O)CC(C)(C)C. The van der Waals surface area contributed by atoms with E-state index >= 15 is 0 Å². The van der Waals surface area contributed by atoms with Crippen LogP contribution in [0.2, 0.25) is 0 Å². The maximum Gasteiger partial charge on any atom is 0.262 e. The van der Waals surface area contributed by atoms with E-state index in [0.29, 0.717) is 37.5 Å². The molecule has 35 heavy (non-hydrogen) atoms. The number of halogens is 1. The molecule has 1 atom stereocenters. The average molecular weight is 484 g/mol. The zero-order valence-electron chi connectivity index (χ0n) is 21.1. The summed E-state index contributed by atoms with van der Waals surface area (Å²) in [6, 6.07) is 13.2. The van der Waals surface area contributed by atoms with E-state index < -0.39 is 0 Å². The highest BCUT2D eigenvalue weighted by Gasteiger charge is 2.34. The molecule has 0 spiro atoms. The van der Waals surface area contributed by atoms with Crippen LogP contribution in [0.3, 0.4) is 0 Å². The maximum atomic E-state index is 13.5. The van der Waals surface area contributed by atoms with Crippen molar-refractivity contribution >= 4 is 17.5 Å². The van der Waals surface area contributed by atoms with Crippen molar-refractivity contribution in [1.82, 2.24) is 9.91 Å². The summed E-state index contributed by atoms with van der Waals surface area (Å²) in [6.45, 7) is 6.50. The summed E-state index contributed by atoms with van der Waals surface area (Å²) in [5.74, 6) is -0.0203. The molecule has 0 bridgehead atoms. The van der Waals surface area contributed by atoms with Crippen molar-refractivity contribution in [1.29, 1.82) is 0 Å². The first-order chi connectivity index (χ1) is 16.6. The zero-order chi connectivity index (χ0) is 25.6. The molecule has 1 aliphatic heterocycles. The summed E-state index contributed by atoms with van der Waals surface area (Å²) >= 11 is 0. The third-order valence-electron chi connectivity index (χ3n) is 5.77. The normalized spacial score (nSPS) is 15.7. The molecule has 3 rings (SSSR count). The molecule has 1 aliphatic rings. The largest absolute Gasteiger partial charge is 0.497 e. The summed E-state index contributed by atoms with van der Waals surface area (Å²) in [7, 11) is 3.16. The minimum absolute atomic E-state index is 0.106. The number of hydrogen-bond acceptors (Lipinski definition) is 5. The molecule has 0 aliphatic carbocycles. The van der Waals surface area contributed by atoms with Gasteiger partial charge in [0.15, 0.2) is 0 Å². The lowest BCUT2D eigenvalue weighted by Crippen LogP contribution is -2.43. The Kier molecular flexibility index (Phi) is 8.62. The van der Waals surface area contributed by atoms with Crippen molar-refractivity contribution < 1.29 is 23.5 Å². The third kappa shape index (κ3) is 7.11. The van der Waals surface area contributed by atoms with Crippen LogP contribution in [-0.4, -0.2) is 61.4 Å². The Morgan fingerprint density at radius 3 is 2.31 bits per heavy atom. The number of hydrogen-bond donors (Lipinski definition) is 0. The van der Waals surface area contributed by atoms with Crippen molar-refractivity contribution in [2.75, 3.05) is 33.9 Å². The molecule has 0 saturated heterocycles. The van der Waals surface area contributed by atoms with Gasteiger partial charge in [0, 0.05) is 26.5 Å². The summed E-state index contributed by atoms with van der Waals surface area (Å²) in [4.78, 5) is 28.0. The van der Waals surface area contributed by atoms with E-state index in [1.54, 1.807) is 26.4 Å². The second kappa shape index (κ2) is 11.4. The molecule has 0 fully saturated rings. The van der Waals surface area contributed by atoms with Crippen LogP contribution >= 0.6 is 0 Å². The van der Waals surface area contributed by atoms with Gasteiger partial charge < -0.3 is 14.4 Å². The quantitative estimate of drug-likeness (QED) is 0.529. The highest BCUT2D eigenvalue weighted by molar-refractivity contribution is 6.03. The summed E-state index contributed by atoms with van der Waals surface area (Å²) in [5.41, 5.74) is 2.12. The summed E-state index contributed by atoms with van der Waals surface area (Å²) in [5, 5.41) is 6.08. The predicted molar refractivity (Wildman–Crippen MR) is 133 cm³/mol. The Bertz CT molecular complexity index is 1050. The molecule has 8 heteroatoms. The Morgan fingerprint density at radius 2 is 1.74 bits per heavy atom. The van der Waals surface area contributed by atoms with Crippen LogP contribution in [0, 0.1) is 11.2 Å². The lowest BCUT2D eigenvalue weighted by atomic mass is 9.91. The van der Waals surface area contributed by atoms with Crippen molar-refractivity contribution in [2.45, 2.75) is 39.7 Å². The first kappa shape index (κ1) is 26.3. The second-order valence-electron chi connectivity index (χ2n) is 9.83. The van der Waals surface area contributed by atoms with Crippen LogP contribution in [-0.2, 0) is 14.3 Å². The van der Waals surface area contributed by atoms with E-state index in [1.165, 1.54) is 22.0 Å². The number of hydrazone groups is 1. The Labute approximate surface area is 206 Å². The molecule has 1 heterocycles. The molecule has 2 amide bonds. The van der Waals surface area contributed by atoms with Gasteiger partial charge in [-0.05, 0) is 40.8 Å². The third-order valence-corrected chi connectivity index (χ3v) is 5.77. The Hall–Kier alpha value is -3.26. The number of carbonyl (C=O) groups excluding carboxylic acids is 2. The Morgan fingerprint density at radius 1 is 1.09 bits per heavy atom. The van der Waals surface area contributed by atoms with E-state index in [-0.39, 0.29) is 35.6 Å². The summed E-state index contributed by atoms with van der Waals surface area (Å²) in [6.07, 6.45) is 0.785. The fourth-order valence-corrected chi connectivity index (χ4v) is 3.94. The van der Waals surface area contributed by atoms with Crippen molar-refractivity contribution in [3.8, 4) is 5.75 Å². The lowest BCUT2D eigenvalue weighted by Gasteiger charge is -2.29. The maximum absolute atomic E-state index is 13.5. The average Bonchev–Trinajstić information content (AvgIpc) is 3.26. The van der Waals surface area contributed by atoms with Gasteiger partial charge in [-0.3, -0.25) is 9.59 Å². The van der Waals surface area contributed by atoms with E-state index in [1.807, 2.05) is 45.0 Å². The standard InChI is InChI=1S/C27H34FN3O4/c1-27(2,3)17-25(32)30(14-15-34-4)18-26(33)31-24(20-8-12-22(35-5)13-9-20)16-23(29-31)19-6-10-21(28)11-7-19/h6-13,24H,14-18H2,1-5H3/t24-/m0/s1. The number of nitrogens with zero attached hydrogens (tertiary/aromatic N) is 3. The van der Waals surface area contributed by atoms with E-state index in [9.17, 15) is 14.0 Å². The highest BCUT2D eigenvalue weighted by Crippen LogP contribution is 2.34. The van der Waals surface area contributed by atoms with Crippen LogP contribution in [0.4, 0.5) is 4.39 Å². The molecule has 2 aromatic rings. The van der Waals surface area contributed by atoms with Gasteiger partial charge in [0.2, 0.25) is 5.91 Å². The smallest absolute Gasteiger partial charge is 0.262 e. The van der Waals surface area contributed by atoms with Crippen LogP contribution < -0.4 is 4.74 Å². The van der Waals surface area contributed by atoms with Gasteiger partial charge in [-0.25, -0.2) is 9.40 Å². The van der Waals surface area contributed by atoms with Crippen LogP contribution in [0.25, 0.3) is 0 Å². The van der Waals surface area contributed by atoms with Crippen molar-refractivity contribution in [3.05, 3.63) is 65.5 Å². The zero-order valence-corrected chi connectivity index (χ0v) is 21.1. The number of benzene rings is 2. The van der Waals surface area contributed by atoms with Gasteiger partial charge in [-0.2, -0.15) is 5.10 Å². The van der Waals surface area contributed by atoms with Gasteiger partial charge in [0.05, 0.1) is 25.5 Å². The number of amides is 2. The van der Waals surface area contributed by atoms with Crippen LogP contribution in [0.5, 0.6) is 5.75 Å². The van der Waals surface area contributed by atoms with Crippen LogP contribution in [0.1, 0.15) is 50.8 Å². The Balaban J connectivity index is 1.88. The van der Waals surface area contributed by atoms with Crippen molar-refractivity contribution in [2.24, 2.45) is 10.5 Å². The molecule has 0 unspecified atom stereocenters. The molecular weight excluding hydrogens is 449 g/mol. The number of ether oxygens (including phenoxy) is 2. The van der Waals surface area contributed by atoms with E-state index in [2.05, 4.69) is 5.10 Å². The van der Waals surface area contributed by atoms with Gasteiger partial charge in [0.25, 0.3) is 5.91 Å². The minimum atomic E-state index is -0.351. The lowest BCUT2D eigenvalue weighted by molar-refractivity contribution is -0.143. The number of rotatable bonds is 9. The van der Waals surface area contributed by atoms with Gasteiger partial charge in [-0.1, -0.05) is 45.0 Å². The molecule has 2 aromatic carbocycles. The summed E-state index contributed by atoms with van der Waals surface area (Å²) < 4.78 is 23.9. The van der Waals surface area contributed by atoms with E-state index in [4.69, 9.17) is 9.47 Å². The fraction of sp³-hybridized carbons (Fsp3) is 0.444. The molecule has 0 saturated carbocycles. The molecular formula is C27H34FN3O4.